The quantitative estimate of drug-likeness (QED) is 0.688. The van der Waals surface area contributed by atoms with Crippen LogP contribution in [0.25, 0.3) is 0 Å². The summed E-state index contributed by atoms with van der Waals surface area (Å²) in [5.74, 6) is -0.704. The molecule has 0 aliphatic rings. The van der Waals surface area contributed by atoms with Gasteiger partial charge in [0.25, 0.3) is 6.43 Å². The summed E-state index contributed by atoms with van der Waals surface area (Å²) >= 11 is 0. The van der Waals surface area contributed by atoms with Gasteiger partial charge in [0.1, 0.15) is 5.69 Å². The standard InChI is InChI=1S/C9H9F2NO2/c1-5-3-4-6(8(10)11)12-7(5)9(13)14-2/h3-4,8H,1-2H3. The van der Waals surface area contributed by atoms with Crippen LogP contribution in [0, 0.1) is 6.92 Å². The molecule has 0 aliphatic carbocycles. The highest BCUT2D eigenvalue weighted by molar-refractivity contribution is 5.88. The average molecular weight is 201 g/mol. The molecule has 0 saturated heterocycles. The number of carbonyl (C=O) groups excluding carboxylic acids is 1. The highest BCUT2D eigenvalue weighted by Gasteiger charge is 2.15. The molecule has 1 aromatic rings. The third-order valence-corrected chi connectivity index (χ3v) is 1.72. The van der Waals surface area contributed by atoms with Crippen molar-refractivity contribution in [3.8, 4) is 0 Å². The first-order valence-corrected chi connectivity index (χ1v) is 3.90. The van der Waals surface area contributed by atoms with Gasteiger partial charge in [0, 0.05) is 0 Å². The fourth-order valence-electron chi connectivity index (χ4n) is 0.969. The van der Waals surface area contributed by atoms with E-state index in [9.17, 15) is 13.6 Å². The predicted molar refractivity (Wildman–Crippen MR) is 45.3 cm³/mol. The van der Waals surface area contributed by atoms with Crippen molar-refractivity contribution in [2.24, 2.45) is 0 Å². The van der Waals surface area contributed by atoms with Crippen molar-refractivity contribution in [2.45, 2.75) is 13.3 Å². The minimum atomic E-state index is -2.68. The van der Waals surface area contributed by atoms with Crippen molar-refractivity contribution >= 4 is 5.97 Å². The average Bonchev–Trinajstić information content (AvgIpc) is 2.17. The van der Waals surface area contributed by atoms with Crippen LogP contribution < -0.4 is 0 Å². The van der Waals surface area contributed by atoms with Gasteiger partial charge in [-0.2, -0.15) is 0 Å². The van der Waals surface area contributed by atoms with Gasteiger partial charge in [-0.05, 0) is 18.6 Å². The van der Waals surface area contributed by atoms with Crippen LogP contribution >= 0.6 is 0 Å². The van der Waals surface area contributed by atoms with E-state index in [1.54, 1.807) is 6.92 Å². The Labute approximate surface area is 79.7 Å². The van der Waals surface area contributed by atoms with Crippen LogP contribution in [0.5, 0.6) is 0 Å². The minimum absolute atomic E-state index is 0.0645. The van der Waals surface area contributed by atoms with Crippen molar-refractivity contribution in [1.82, 2.24) is 4.98 Å². The number of aromatic nitrogens is 1. The maximum atomic E-state index is 12.2. The van der Waals surface area contributed by atoms with Crippen molar-refractivity contribution in [1.29, 1.82) is 0 Å². The van der Waals surface area contributed by atoms with Crippen LogP contribution in [-0.4, -0.2) is 18.1 Å². The Morgan fingerprint density at radius 1 is 1.50 bits per heavy atom. The summed E-state index contributed by atoms with van der Waals surface area (Å²) in [6.07, 6.45) is -2.68. The van der Waals surface area contributed by atoms with Crippen molar-refractivity contribution in [3.05, 3.63) is 29.1 Å². The molecule has 0 radical (unpaired) electrons. The van der Waals surface area contributed by atoms with E-state index in [0.717, 1.165) is 0 Å². The van der Waals surface area contributed by atoms with E-state index in [1.807, 2.05) is 0 Å². The van der Waals surface area contributed by atoms with Crippen molar-refractivity contribution in [2.75, 3.05) is 7.11 Å². The van der Waals surface area contributed by atoms with E-state index in [2.05, 4.69) is 9.72 Å². The molecule has 14 heavy (non-hydrogen) atoms. The van der Waals surface area contributed by atoms with E-state index >= 15 is 0 Å². The predicted octanol–water partition coefficient (Wildman–Crippen LogP) is 2.11. The topological polar surface area (TPSA) is 39.2 Å². The van der Waals surface area contributed by atoms with E-state index < -0.39 is 18.1 Å². The van der Waals surface area contributed by atoms with Gasteiger partial charge in [-0.3, -0.25) is 0 Å². The fraction of sp³-hybridized carbons (Fsp3) is 0.333. The number of ether oxygens (including phenoxy) is 1. The molecule has 1 rings (SSSR count). The Hall–Kier alpha value is -1.52. The number of esters is 1. The molecule has 76 valence electrons. The molecular formula is C9H9F2NO2. The SMILES string of the molecule is COC(=O)c1nc(C(F)F)ccc1C. The molecule has 0 spiro atoms. The van der Waals surface area contributed by atoms with Crippen LogP contribution in [0.1, 0.15) is 28.2 Å². The van der Waals surface area contributed by atoms with Crippen LogP contribution in [0.2, 0.25) is 0 Å². The molecule has 0 unspecified atom stereocenters. The number of aryl methyl sites for hydroxylation is 1. The number of alkyl halides is 2. The maximum absolute atomic E-state index is 12.2. The summed E-state index contributed by atoms with van der Waals surface area (Å²) in [6.45, 7) is 1.61. The Bertz CT molecular complexity index is 353. The van der Waals surface area contributed by atoms with Crippen LogP contribution in [0.15, 0.2) is 12.1 Å². The summed E-state index contributed by atoms with van der Waals surface area (Å²) in [4.78, 5) is 14.6. The van der Waals surface area contributed by atoms with Gasteiger partial charge in [-0.25, -0.2) is 18.6 Å². The normalized spacial score (nSPS) is 10.4. The molecule has 5 heteroatoms. The second-order valence-electron chi connectivity index (χ2n) is 2.69. The minimum Gasteiger partial charge on any atom is -0.464 e. The molecule has 1 heterocycles. The van der Waals surface area contributed by atoms with Gasteiger partial charge >= 0.3 is 5.97 Å². The fourth-order valence-corrected chi connectivity index (χ4v) is 0.969. The summed E-state index contributed by atoms with van der Waals surface area (Å²) < 4.78 is 28.9. The summed E-state index contributed by atoms with van der Waals surface area (Å²) in [7, 11) is 1.18. The highest BCUT2D eigenvalue weighted by atomic mass is 19.3. The summed E-state index contributed by atoms with van der Waals surface area (Å²) in [5, 5.41) is 0. The monoisotopic (exact) mass is 201 g/mol. The zero-order valence-corrected chi connectivity index (χ0v) is 7.75. The number of hydrogen-bond donors (Lipinski definition) is 0. The Morgan fingerprint density at radius 2 is 2.14 bits per heavy atom. The lowest BCUT2D eigenvalue weighted by atomic mass is 10.2. The van der Waals surface area contributed by atoms with Gasteiger partial charge in [0.05, 0.1) is 7.11 Å². The Balaban J connectivity index is 3.15. The van der Waals surface area contributed by atoms with Crippen LogP contribution in [-0.2, 0) is 4.74 Å². The van der Waals surface area contributed by atoms with Crippen molar-refractivity contribution in [3.63, 3.8) is 0 Å². The smallest absolute Gasteiger partial charge is 0.356 e. The molecule has 3 nitrogen and oxygen atoms in total. The molecule has 0 bridgehead atoms. The molecule has 0 N–H and O–H groups in total. The van der Waals surface area contributed by atoms with Gasteiger partial charge in [0.15, 0.2) is 5.69 Å². The third-order valence-electron chi connectivity index (χ3n) is 1.72. The number of halogens is 2. The van der Waals surface area contributed by atoms with Gasteiger partial charge in [-0.1, -0.05) is 6.07 Å². The first kappa shape index (κ1) is 10.6. The lowest BCUT2D eigenvalue weighted by molar-refractivity contribution is 0.0591. The lowest BCUT2D eigenvalue weighted by Gasteiger charge is -2.05. The van der Waals surface area contributed by atoms with E-state index in [1.165, 1.54) is 19.2 Å². The molecule has 0 atom stereocenters. The first-order chi connectivity index (χ1) is 6.56. The first-order valence-electron chi connectivity index (χ1n) is 3.90. The van der Waals surface area contributed by atoms with Crippen LogP contribution in [0.4, 0.5) is 8.78 Å². The van der Waals surface area contributed by atoms with E-state index in [4.69, 9.17) is 0 Å². The number of nitrogens with zero attached hydrogens (tertiary/aromatic N) is 1. The second-order valence-corrected chi connectivity index (χ2v) is 2.69. The van der Waals surface area contributed by atoms with Crippen LogP contribution in [0.3, 0.4) is 0 Å². The largest absolute Gasteiger partial charge is 0.464 e. The third kappa shape index (κ3) is 2.04. The number of rotatable bonds is 2. The van der Waals surface area contributed by atoms with Gasteiger partial charge in [-0.15, -0.1) is 0 Å². The Morgan fingerprint density at radius 3 is 2.64 bits per heavy atom. The van der Waals surface area contributed by atoms with E-state index in [-0.39, 0.29) is 5.69 Å². The van der Waals surface area contributed by atoms with E-state index in [0.29, 0.717) is 5.56 Å². The molecule has 0 aromatic carbocycles. The Kier molecular flexibility index (Phi) is 3.11. The second kappa shape index (κ2) is 4.13. The van der Waals surface area contributed by atoms with Gasteiger partial charge < -0.3 is 4.74 Å². The molecule has 0 saturated carbocycles. The zero-order valence-electron chi connectivity index (χ0n) is 7.75. The number of hydrogen-bond acceptors (Lipinski definition) is 3. The van der Waals surface area contributed by atoms with Gasteiger partial charge in [0.2, 0.25) is 0 Å². The molecule has 1 aromatic heterocycles. The molecule has 0 amide bonds. The lowest BCUT2D eigenvalue weighted by Crippen LogP contribution is -2.08. The maximum Gasteiger partial charge on any atom is 0.356 e. The van der Waals surface area contributed by atoms with Crippen molar-refractivity contribution < 1.29 is 18.3 Å². The number of methoxy groups -OCH3 is 1. The summed E-state index contributed by atoms with van der Waals surface area (Å²) in [5.41, 5.74) is 0.0301. The number of carbonyl (C=O) groups is 1. The molecule has 0 fully saturated rings. The summed E-state index contributed by atoms with van der Waals surface area (Å²) in [6, 6.07) is 2.60. The number of pyridine rings is 1. The zero-order chi connectivity index (χ0) is 10.7. The molecule has 0 aliphatic heterocycles. The molecular weight excluding hydrogens is 192 g/mol. The highest BCUT2D eigenvalue weighted by Crippen LogP contribution is 2.18.